The molecule has 4 rings (SSSR count). The summed E-state index contributed by atoms with van der Waals surface area (Å²) in [6.07, 6.45) is 0.419. The first kappa shape index (κ1) is 19.8. The number of phenols is 2. The summed E-state index contributed by atoms with van der Waals surface area (Å²) in [4.78, 5) is 14.8. The van der Waals surface area contributed by atoms with Crippen LogP contribution in [0.2, 0.25) is 0 Å². The van der Waals surface area contributed by atoms with Gasteiger partial charge in [0.25, 0.3) is 5.91 Å². The normalized spacial score (nSPS) is 15.5. The van der Waals surface area contributed by atoms with Crippen LogP contribution in [0.4, 0.5) is 0 Å². The third-order valence-corrected chi connectivity index (χ3v) is 5.18. The maximum Gasteiger partial charge on any atom is 0.273 e. The van der Waals surface area contributed by atoms with Crippen molar-refractivity contribution in [3.05, 3.63) is 59.3 Å². The Hall–Kier alpha value is -3.52. The van der Waals surface area contributed by atoms with Crippen molar-refractivity contribution in [3.63, 3.8) is 0 Å². The second-order valence-corrected chi connectivity index (χ2v) is 7.02. The number of benzene rings is 2. The molecule has 2 heterocycles. The fourth-order valence-electron chi connectivity index (χ4n) is 3.87. The quantitative estimate of drug-likeness (QED) is 0.476. The third-order valence-electron chi connectivity index (χ3n) is 5.18. The number of aromatic hydroxyl groups is 2. The number of aliphatic hydroxyl groups is 1. The number of aromatic nitrogens is 2. The number of amides is 1. The summed E-state index contributed by atoms with van der Waals surface area (Å²) in [7, 11) is 0. The summed E-state index contributed by atoms with van der Waals surface area (Å²) >= 11 is 0. The number of aromatic amines is 1. The monoisotopic (exact) mass is 409 g/mol. The third kappa shape index (κ3) is 3.25. The Labute approximate surface area is 173 Å². The van der Waals surface area contributed by atoms with Crippen LogP contribution in [-0.2, 0) is 0 Å². The highest BCUT2D eigenvalue weighted by Gasteiger charge is 2.42. The minimum Gasteiger partial charge on any atom is -0.507 e. The second-order valence-electron chi connectivity index (χ2n) is 7.02. The average molecular weight is 409 g/mol. The Kier molecular flexibility index (Phi) is 5.33. The molecular weight excluding hydrogens is 386 g/mol. The maximum atomic E-state index is 13.1. The first-order valence-electron chi connectivity index (χ1n) is 9.81. The molecule has 8 heteroatoms. The maximum absolute atomic E-state index is 13.1. The first-order chi connectivity index (χ1) is 14.6. The summed E-state index contributed by atoms with van der Waals surface area (Å²) < 4.78 is 5.53. The van der Waals surface area contributed by atoms with Gasteiger partial charge < -0.3 is 25.0 Å². The van der Waals surface area contributed by atoms with E-state index in [2.05, 4.69) is 10.2 Å². The topological polar surface area (TPSA) is 119 Å². The highest BCUT2D eigenvalue weighted by atomic mass is 16.5. The number of nitrogens with zero attached hydrogens (tertiary/aromatic N) is 2. The van der Waals surface area contributed by atoms with Crippen LogP contribution in [0.15, 0.2) is 42.5 Å². The molecule has 0 aliphatic carbocycles. The van der Waals surface area contributed by atoms with E-state index in [1.54, 1.807) is 41.3 Å². The van der Waals surface area contributed by atoms with E-state index < -0.39 is 6.04 Å². The van der Waals surface area contributed by atoms with Gasteiger partial charge in [-0.25, -0.2) is 0 Å². The van der Waals surface area contributed by atoms with Gasteiger partial charge in [-0.15, -0.1) is 0 Å². The predicted molar refractivity (Wildman–Crippen MR) is 110 cm³/mol. The molecule has 0 radical (unpaired) electrons. The molecular formula is C22H23N3O5. The van der Waals surface area contributed by atoms with Crippen molar-refractivity contribution in [1.82, 2.24) is 15.1 Å². The Morgan fingerprint density at radius 1 is 1.17 bits per heavy atom. The fourth-order valence-corrected chi connectivity index (χ4v) is 3.87. The molecule has 0 bridgehead atoms. The van der Waals surface area contributed by atoms with E-state index >= 15 is 0 Å². The number of ether oxygens (including phenoxy) is 1. The molecule has 1 amide bonds. The van der Waals surface area contributed by atoms with Gasteiger partial charge in [0.05, 0.1) is 12.6 Å². The molecule has 4 N–H and O–H groups in total. The van der Waals surface area contributed by atoms with Gasteiger partial charge in [0.15, 0.2) is 11.5 Å². The molecule has 8 nitrogen and oxygen atoms in total. The highest BCUT2D eigenvalue weighted by molar-refractivity contribution is 6.00. The van der Waals surface area contributed by atoms with E-state index in [-0.39, 0.29) is 24.0 Å². The SMILES string of the molecule is CCOc1cc(C2c3c(-c4ccccc4O)n[nH]c3C(=O)N2CCCO)ccc1O. The molecule has 1 aromatic heterocycles. The summed E-state index contributed by atoms with van der Waals surface area (Å²) in [5.41, 5.74) is 2.73. The molecule has 30 heavy (non-hydrogen) atoms. The van der Waals surface area contributed by atoms with Crippen LogP contribution >= 0.6 is 0 Å². The van der Waals surface area contributed by atoms with E-state index in [1.807, 2.05) is 6.92 Å². The molecule has 0 fully saturated rings. The van der Waals surface area contributed by atoms with Crippen LogP contribution in [0.3, 0.4) is 0 Å². The molecule has 0 saturated heterocycles. The summed E-state index contributed by atoms with van der Waals surface area (Å²) in [6.45, 7) is 2.50. The van der Waals surface area contributed by atoms with Crippen LogP contribution in [0.25, 0.3) is 11.3 Å². The van der Waals surface area contributed by atoms with Crippen molar-refractivity contribution in [2.24, 2.45) is 0 Å². The van der Waals surface area contributed by atoms with E-state index in [9.17, 15) is 20.1 Å². The Morgan fingerprint density at radius 3 is 2.70 bits per heavy atom. The van der Waals surface area contributed by atoms with Gasteiger partial charge in [0.2, 0.25) is 0 Å². The summed E-state index contributed by atoms with van der Waals surface area (Å²) in [5, 5.41) is 36.9. The molecule has 156 valence electrons. The number of H-pyrrole nitrogens is 1. The Morgan fingerprint density at radius 2 is 1.97 bits per heavy atom. The van der Waals surface area contributed by atoms with Crippen molar-refractivity contribution < 1.29 is 24.9 Å². The highest BCUT2D eigenvalue weighted by Crippen LogP contribution is 2.45. The number of carbonyl (C=O) groups excluding carboxylic acids is 1. The van der Waals surface area contributed by atoms with Crippen LogP contribution < -0.4 is 4.74 Å². The average Bonchev–Trinajstić information content (AvgIpc) is 3.28. The number of para-hydroxylation sites is 1. The minimum atomic E-state index is -0.507. The van der Waals surface area contributed by atoms with Crippen LogP contribution in [-0.4, -0.2) is 56.1 Å². The van der Waals surface area contributed by atoms with Crippen LogP contribution in [0, 0.1) is 0 Å². The number of phenolic OH excluding ortho intramolecular Hbond substituents is 2. The summed E-state index contributed by atoms with van der Waals surface area (Å²) in [5.74, 6) is 0.168. The lowest BCUT2D eigenvalue weighted by atomic mass is 9.95. The van der Waals surface area contributed by atoms with Gasteiger partial charge in [-0.2, -0.15) is 5.10 Å². The van der Waals surface area contributed by atoms with E-state index in [0.717, 1.165) is 5.56 Å². The molecule has 1 aliphatic heterocycles. The van der Waals surface area contributed by atoms with E-state index in [1.165, 1.54) is 6.07 Å². The van der Waals surface area contributed by atoms with E-state index in [4.69, 9.17) is 4.74 Å². The minimum absolute atomic E-state index is 0.0141. The van der Waals surface area contributed by atoms with Crippen molar-refractivity contribution in [1.29, 1.82) is 0 Å². The van der Waals surface area contributed by atoms with Crippen molar-refractivity contribution in [2.45, 2.75) is 19.4 Å². The van der Waals surface area contributed by atoms with Gasteiger partial charge >= 0.3 is 0 Å². The summed E-state index contributed by atoms with van der Waals surface area (Å²) in [6, 6.07) is 11.3. The number of aliphatic hydroxyl groups excluding tert-OH is 1. The zero-order valence-corrected chi connectivity index (χ0v) is 16.5. The first-order valence-corrected chi connectivity index (χ1v) is 9.81. The lowest BCUT2D eigenvalue weighted by Gasteiger charge is -2.26. The molecule has 0 spiro atoms. The van der Waals surface area contributed by atoms with Gasteiger partial charge in [-0.1, -0.05) is 18.2 Å². The molecule has 1 unspecified atom stereocenters. The number of nitrogens with one attached hydrogen (secondary N) is 1. The standard InChI is InChI=1S/C22H23N3O5/c1-2-30-17-12-13(8-9-16(17)28)21-18-19(14-6-3-4-7-15(14)27)23-24-20(18)22(29)25(21)10-5-11-26/h3-4,6-9,12,21,26-28H,2,5,10-11H2,1H3,(H,23,24). The Bertz CT molecular complexity index is 1080. The number of hydrogen-bond donors (Lipinski definition) is 4. The van der Waals surface area contributed by atoms with Gasteiger partial charge in [0.1, 0.15) is 17.1 Å². The number of fused-ring (bicyclic) bond motifs is 1. The largest absolute Gasteiger partial charge is 0.507 e. The number of rotatable bonds is 7. The molecule has 2 aromatic carbocycles. The lowest BCUT2D eigenvalue weighted by Crippen LogP contribution is -2.31. The number of hydrogen-bond acceptors (Lipinski definition) is 6. The molecule has 1 atom stereocenters. The molecule has 0 saturated carbocycles. The number of carbonyl (C=O) groups is 1. The lowest BCUT2D eigenvalue weighted by molar-refractivity contribution is 0.0732. The van der Waals surface area contributed by atoms with Crippen molar-refractivity contribution in [2.75, 3.05) is 19.8 Å². The second kappa shape index (κ2) is 8.08. The van der Waals surface area contributed by atoms with Crippen molar-refractivity contribution in [3.8, 4) is 28.5 Å². The predicted octanol–water partition coefficient (Wildman–Crippen LogP) is 2.81. The zero-order valence-electron chi connectivity index (χ0n) is 16.5. The smallest absolute Gasteiger partial charge is 0.273 e. The van der Waals surface area contributed by atoms with E-state index in [0.29, 0.717) is 47.8 Å². The molecule has 1 aliphatic rings. The van der Waals surface area contributed by atoms with Gasteiger partial charge in [-0.3, -0.25) is 9.89 Å². The van der Waals surface area contributed by atoms with Gasteiger partial charge in [-0.05, 0) is 43.2 Å². The fraction of sp³-hybridized carbons (Fsp3) is 0.273. The molecule has 3 aromatic rings. The van der Waals surface area contributed by atoms with Crippen LogP contribution in [0.1, 0.15) is 41.0 Å². The van der Waals surface area contributed by atoms with Gasteiger partial charge in [0, 0.05) is 24.3 Å². The Balaban J connectivity index is 1.88. The zero-order chi connectivity index (χ0) is 21.3. The van der Waals surface area contributed by atoms with Crippen molar-refractivity contribution >= 4 is 5.91 Å². The van der Waals surface area contributed by atoms with Crippen LogP contribution in [0.5, 0.6) is 17.2 Å².